The molecule has 1 aromatic heterocycles. The van der Waals surface area contributed by atoms with Crippen LogP contribution in [0.3, 0.4) is 0 Å². The van der Waals surface area contributed by atoms with E-state index in [1.54, 1.807) is 18.2 Å². The van der Waals surface area contributed by atoms with E-state index >= 15 is 0 Å². The first kappa shape index (κ1) is 14.1. The Morgan fingerprint density at radius 1 is 1.16 bits per heavy atom. The van der Waals surface area contributed by atoms with Gasteiger partial charge in [0.15, 0.2) is 0 Å². The molecule has 0 aliphatic rings. The number of halogens is 2. The fraction of sp³-hybridized carbons (Fsp3) is 0. The highest BCUT2D eigenvalue weighted by molar-refractivity contribution is 7.89. The van der Waals surface area contributed by atoms with Crippen molar-refractivity contribution >= 4 is 44.6 Å². The molecule has 8 heteroatoms. The second-order valence-electron chi connectivity index (χ2n) is 3.67. The van der Waals surface area contributed by atoms with Crippen molar-refractivity contribution in [2.24, 2.45) is 5.14 Å². The van der Waals surface area contributed by atoms with Gasteiger partial charge < -0.3 is 5.32 Å². The summed E-state index contributed by atoms with van der Waals surface area (Å²) in [5, 5.41) is 8.86. The molecule has 0 saturated carbocycles. The summed E-state index contributed by atoms with van der Waals surface area (Å²) in [4.78, 5) is 3.62. The van der Waals surface area contributed by atoms with E-state index in [1.165, 1.54) is 12.3 Å². The molecule has 1 heterocycles. The first-order chi connectivity index (χ1) is 8.88. The molecule has 0 aliphatic heterocycles. The molecular weight excluding hydrogens is 309 g/mol. The molecule has 5 nitrogen and oxygen atoms in total. The summed E-state index contributed by atoms with van der Waals surface area (Å²) in [6, 6.07) is 6.29. The van der Waals surface area contributed by atoms with Gasteiger partial charge in [-0.2, -0.15) is 0 Å². The minimum atomic E-state index is -3.88. The van der Waals surface area contributed by atoms with Crippen LogP contribution in [0.25, 0.3) is 0 Å². The fourth-order valence-electron chi connectivity index (χ4n) is 1.45. The summed E-state index contributed by atoms with van der Waals surface area (Å²) in [5.74, 6) is 0. The highest BCUT2D eigenvalue weighted by Crippen LogP contribution is 2.30. The average Bonchev–Trinajstić information content (AvgIpc) is 2.33. The first-order valence-corrected chi connectivity index (χ1v) is 7.37. The maximum absolute atomic E-state index is 11.4. The summed E-state index contributed by atoms with van der Waals surface area (Å²) < 4.78 is 22.9. The largest absolute Gasteiger partial charge is 0.353 e. The normalized spacial score (nSPS) is 11.3. The molecule has 100 valence electrons. The Morgan fingerprint density at radius 2 is 1.89 bits per heavy atom. The van der Waals surface area contributed by atoms with Gasteiger partial charge in [-0.3, -0.25) is 4.98 Å². The van der Waals surface area contributed by atoms with Gasteiger partial charge in [-0.05, 0) is 24.3 Å². The Kier molecular flexibility index (Phi) is 3.96. The molecule has 0 amide bonds. The number of nitrogens with one attached hydrogen (secondary N) is 1. The van der Waals surface area contributed by atoms with E-state index in [-0.39, 0.29) is 10.6 Å². The van der Waals surface area contributed by atoms with Crippen LogP contribution in [0, 0.1) is 0 Å². The maximum Gasteiger partial charge on any atom is 0.241 e. The minimum absolute atomic E-state index is 0.119. The molecule has 0 atom stereocenters. The van der Waals surface area contributed by atoms with Crippen molar-refractivity contribution in [3.8, 4) is 0 Å². The second-order valence-corrected chi connectivity index (χ2v) is 6.04. The van der Waals surface area contributed by atoms with Crippen LogP contribution in [0.2, 0.25) is 10.0 Å². The van der Waals surface area contributed by atoms with Gasteiger partial charge in [-0.15, -0.1) is 0 Å². The van der Waals surface area contributed by atoms with Crippen molar-refractivity contribution in [1.82, 2.24) is 4.98 Å². The standard InChI is InChI=1S/C11H9Cl2N3O2S/c12-7-1-2-8(13)10(5-7)16-9-3-4-15-6-11(9)19(14,17)18/h1-6H,(H,15,16)(H2,14,17,18). The average molecular weight is 318 g/mol. The first-order valence-electron chi connectivity index (χ1n) is 5.07. The third kappa shape index (κ3) is 3.36. The van der Waals surface area contributed by atoms with Crippen LogP contribution in [0.4, 0.5) is 11.4 Å². The predicted octanol–water partition coefficient (Wildman–Crippen LogP) is 2.78. The molecule has 0 saturated heterocycles. The van der Waals surface area contributed by atoms with Crippen LogP contribution < -0.4 is 10.5 Å². The number of aromatic nitrogens is 1. The number of sulfonamides is 1. The zero-order valence-electron chi connectivity index (χ0n) is 9.47. The molecule has 2 aromatic rings. The number of hydrogen-bond donors (Lipinski definition) is 2. The van der Waals surface area contributed by atoms with Gasteiger partial charge in [0.2, 0.25) is 10.0 Å². The van der Waals surface area contributed by atoms with Crippen LogP contribution in [0.15, 0.2) is 41.6 Å². The molecule has 0 radical (unpaired) electrons. The van der Waals surface area contributed by atoms with Gasteiger partial charge in [-0.25, -0.2) is 13.6 Å². The van der Waals surface area contributed by atoms with Crippen LogP contribution >= 0.6 is 23.2 Å². The lowest BCUT2D eigenvalue weighted by Crippen LogP contribution is -2.14. The number of primary sulfonamides is 1. The number of rotatable bonds is 3. The number of anilines is 2. The van der Waals surface area contributed by atoms with Crippen LogP contribution in [0.1, 0.15) is 0 Å². The lowest BCUT2D eigenvalue weighted by molar-refractivity contribution is 0.598. The zero-order valence-corrected chi connectivity index (χ0v) is 11.8. The highest BCUT2D eigenvalue weighted by Gasteiger charge is 2.14. The summed E-state index contributed by atoms with van der Waals surface area (Å²) in [5.41, 5.74) is 0.756. The van der Waals surface area contributed by atoms with E-state index in [0.29, 0.717) is 15.7 Å². The zero-order chi connectivity index (χ0) is 14.0. The number of nitrogens with zero attached hydrogens (tertiary/aromatic N) is 1. The molecular formula is C11H9Cl2N3O2S. The van der Waals surface area contributed by atoms with Crippen molar-refractivity contribution in [3.63, 3.8) is 0 Å². The molecule has 0 spiro atoms. The number of nitrogens with two attached hydrogens (primary N) is 1. The Balaban J connectivity index is 2.47. The van der Waals surface area contributed by atoms with Crippen LogP contribution in [-0.4, -0.2) is 13.4 Å². The summed E-state index contributed by atoms with van der Waals surface area (Å²) in [6.07, 6.45) is 2.60. The molecule has 2 rings (SSSR count). The van der Waals surface area contributed by atoms with E-state index in [1.807, 2.05) is 0 Å². The number of pyridine rings is 1. The SMILES string of the molecule is NS(=O)(=O)c1cnccc1Nc1cc(Cl)ccc1Cl. The Morgan fingerprint density at radius 3 is 2.58 bits per heavy atom. The topological polar surface area (TPSA) is 85.1 Å². The molecule has 0 aliphatic carbocycles. The van der Waals surface area contributed by atoms with E-state index in [9.17, 15) is 8.42 Å². The van der Waals surface area contributed by atoms with Crippen molar-refractivity contribution in [1.29, 1.82) is 0 Å². The van der Waals surface area contributed by atoms with Gasteiger partial charge in [-0.1, -0.05) is 23.2 Å². The second kappa shape index (κ2) is 5.34. The van der Waals surface area contributed by atoms with Gasteiger partial charge in [0, 0.05) is 17.4 Å². The third-order valence-corrected chi connectivity index (χ3v) is 3.79. The van der Waals surface area contributed by atoms with Gasteiger partial charge in [0.25, 0.3) is 0 Å². The minimum Gasteiger partial charge on any atom is -0.353 e. The molecule has 1 aromatic carbocycles. The third-order valence-electron chi connectivity index (χ3n) is 2.29. The molecule has 0 fully saturated rings. The van der Waals surface area contributed by atoms with Crippen molar-refractivity contribution in [3.05, 3.63) is 46.7 Å². The lowest BCUT2D eigenvalue weighted by Gasteiger charge is -2.11. The quantitative estimate of drug-likeness (QED) is 0.911. The van der Waals surface area contributed by atoms with Crippen LogP contribution in [-0.2, 0) is 10.0 Å². The summed E-state index contributed by atoms with van der Waals surface area (Å²) in [6.45, 7) is 0. The lowest BCUT2D eigenvalue weighted by atomic mass is 10.3. The number of hydrogen-bond acceptors (Lipinski definition) is 4. The van der Waals surface area contributed by atoms with E-state index in [2.05, 4.69) is 10.3 Å². The number of benzene rings is 1. The van der Waals surface area contributed by atoms with Gasteiger partial charge in [0.05, 0.1) is 16.4 Å². The van der Waals surface area contributed by atoms with Crippen molar-refractivity contribution in [2.75, 3.05) is 5.32 Å². The Bertz CT molecular complexity index is 720. The molecule has 19 heavy (non-hydrogen) atoms. The molecule has 0 bridgehead atoms. The highest BCUT2D eigenvalue weighted by atomic mass is 35.5. The summed E-state index contributed by atoms with van der Waals surface area (Å²) in [7, 11) is -3.88. The summed E-state index contributed by atoms with van der Waals surface area (Å²) >= 11 is 11.9. The van der Waals surface area contributed by atoms with E-state index < -0.39 is 10.0 Å². The Labute approximate surface area is 120 Å². The Hall–Kier alpha value is -1.34. The monoisotopic (exact) mass is 317 g/mol. The van der Waals surface area contributed by atoms with Gasteiger partial charge >= 0.3 is 0 Å². The van der Waals surface area contributed by atoms with Crippen LogP contribution in [0.5, 0.6) is 0 Å². The smallest absolute Gasteiger partial charge is 0.241 e. The van der Waals surface area contributed by atoms with Crippen molar-refractivity contribution < 1.29 is 8.42 Å². The molecule has 0 unspecified atom stereocenters. The van der Waals surface area contributed by atoms with Crippen molar-refractivity contribution in [2.45, 2.75) is 4.90 Å². The predicted molar refractivity (Wildman–Crippen MR) is 75.4 cm³/mol. The maximum atomic E-state index is 11.4. The van der Waals surface area contributed by atoms with E-state index in [4.69, 9.17) is 28.3 Å². The molecule has 3 N–H and O–H groups in total. The van der Waals surface area contributed by atoms with Gasteiger partial charge in [0.1, 0.15) is 4.90 Å². The fourth-order valence-corrected chi connectivity index (χ4v) is 2.42. The van der Waals surface area contributed by atoms with E-state index in [0.717, 1.165) is 6.20 Å².